The van der Waals surface area contributed by atoms with Gasteiger partial charge < -0.3 is 9.88 Å². The van der Waals surface area contributed by atoms with Crippen LogP contribution in [0.5, 0.6) is 0 Å². The van der Waals surface area contributed by atoms with E-state index in [-0.39, 0.29) is 17.7 Å². The number of nitrogens with zero attached hydrogens (tertiary/aromatic N) is 1. The zero-order chi connectivity index (χ0) is 27.9. The summed E-state index contributed by atoms with van der Waals surface area (Å²) in [6.07, 6.45) is 3.43. The highest BCUT2D eigenvalue weighted by Gasteiger charge is 2.21. The van der Waals surface area contributed by atoms with Gasteiger partial charge in [-0.15, -0.1) is 0 Å². The molecule has 4 aromatic carbocycles. The molecule has 40 heavy (non-hydrogen) atoms. The first-order valence-electron chi connectivity index (χ1n) is 13.8. The van der Waals surface area contributed by atoms with Crippen LogP contribution in [0.1, 0.15) is 53.2 Å². The van der Waals surface area contributed by atoms with Crippen molar-refractivity contribution < 1.29 is 9.59 Å². The maximum Gasteiger partial charge on any atom is 0.267 e. The summed E-state index contributed by atoms with van der Waals surface area (Å²) in [5, 5.41) is 6.43. The van der Waals surface area contributed by atoms with Crippen molar-refractivity contribution in [2.24, 2.45) is 7.05 Å². The summed E-state index contributed by atoms with van der Waals surface area (Å²) in [5.41, 5.74) is 3.94. The predicted octanol–water partition coefficient (Wildman–Crippen LogP) is 7.54. The lowest BCUT2D eigenvalue weighted by molar-refractivity contribution is -0.120. The summed E-state index contributed by atoms with van der Waals surface area (Å²) in [7, 11) is 1.92. The van der Waals surface area contributed by atoms with E-state index < -0.39 is 0 Å². The van der Waals surface area contributed by atoms with Crippen LogP contribution in [0.3, 0.4) is 0 Å². The van der Waals surface area contributed by atoms with E-state index in [0.717, 1.165) is 52.4 Å². The van der Waals surface area contributed by atoms with Gasteiger partial charge in [-0.2, -0.15) is 0 Å². The summed E-state index contributed by atoms with van der Waals surface area (Å²) in [4.78, 5) is 27.2. The third kappa shape index (κ3) is 6.57. The quantitative estimate of drug-likeness (QED) is 0.132. The molecular formula is C34H35N3O2S. The second kappa shape index (κ2) is 12.9. The van der Waals surface area contributed by atoms with Crippen LogP contribution in [-0.2, 0) is 11.8 Å². The Labute approximate surface area is 240 Å². The summed E-state index contributed by atoms with van der Waals surface area (Å²) >= 11 is 1.37. The van der Waals surface area contributed by atoms with Crippen molar-refractivity contribution >= 4 is 45.4 Å². The van der Waals surface area contributed by atoms with Gasteiger partial charge in [-0.05, 0) is 72.3 Å². The minimum atomic E-state index is -0.243. The molecule has 0 aliphatic heterocycles. The van der Waals surface area contributed by atoms with Crippen molar-refractivity contribution in [1.29, 1.82) is 0 Å². The second-order valence-electron chi connectivity index (χ2n) is 10.3. The van der Waals surface area contributed by atoms with E-state index in [1.807, 2.05) is 78.3 Å². The Bertz CT molecular complexity index is 1620. The molecule has 6 heteroatoms. The van der Waals surface area contributed by atoms with Crippen molar-refractivity contribution in [3.8, 4) is 0 Å². The molecule has 0 bridgehead atoms. The van der Waals surface area contributed by atoms with Crippen LogP contribution in [0, 0.1) is 6.92 Å². The van der Waals surface area contributed by atoms with E-state index in [1.54, 1.807) is 0 Å². The lowest BCUT2D eigenvalue weighted by Crippen LogP contribution is -2.26. The smallest absolute Gasteiger partial charge is 0.267 e. The van der Waals surface area contributed by atoms with E-state index in [4.69, 9.17) is 0 Å². The molecule has 1 atom stereocenters. The average molecular weight is 550 g/mol. The fourth-order valence-electron chi connectivity index (χ4n) is 5.11. The Morgan fingerprint density at radius 3 is 2.30 bits per heavy atom. The monoisotopic (exact) mass is 549 g/mol. The molecule has 0 aliphatic carbocycles. The van der Waals surface area contributed by atoms with Crippen molar-refractivity contribution in [1.82, 2.24) is 14.6 Å². The number of carbonyl (C=O) groups is 2. The molecular weight excluding hydrogens is 514 g/mol. The third-order valence-electron chi connectivity index (χ3n) is 7.42. The van der Waals surface area contributed by atoms with Gasteiger partial charge in [0.25, 0.3) is 5.91 Å². The normalized spacial score (nSPS) is 11.9. The summed E-state index contributed by atoms with van der Waals surface area (Å²) in [6, 6.07) is 32.7. The van der Waals surface area contributed by atoms with Crippen molar-refractivity contribution in [2.45, 2.75) is 43.4 Å². The summed E-state index contributed by atoms with van der Waals surface area (Å²) in [6.45, 7) is 2.66. The molecule has 0 saturated heterocycles. The van der Waals surface area contributed by atoms with Crippen LogP contribution in [0.25, 0.3) is 21.7 Å². The standard InChI is InChI=1S/C34H35N3O2S/c1-24-15-19-29(20-16-24)40-36-33(38)30(27-18-17-25-10-5-6-11-26(25)22-27)13-4-3-9-21-35-34(39)32-23-28-12-7-8-14-31(28)37(32)2/h5-8,10-12,14-20,22-23,30H,3-4,9,13,21H2,1-2H3,(H,35,39)(H,36,38). The van der Waals surface area contributed by atoms with Crippen LogP contribution in [0.4, 0.5) is 0 Å². The maximum absolute atomic E-state index is 13.4. The minimum absolute atomic E-state index is 0.0185. The number of fused-ring (bicyclic) bond motifs is 2. The number of para-hydroxylation sites is 1. The van der Waals surface area contributed by atoms with Crippen LogP contribution >= 0.6 is 11.9 Å². The number of nitrogens with one attached hydrogen (secondary N) is 2. The molecule has 1 unspecified atom stereocenters. The molecule has 2 N–H and O–H groups in total. The SMILES string of the molecule is Cc1ccc(SNC(=O)C(CCCCCNC(=O)c2cc3ccccc3n2C)c2ccc3ccccc3c2)cc1. The Morgan fingerprint density at radius 2 is 1.52 bits per heavy atom. The Balaban J connectivity index is 1.17. The third-order valence-corrected chi connectivity index (χ3v) is 8.23. The molecule has 1 heterocycles. The largest absolute Gasteiger partial charge is 0.351 e. The molecule has 5 aromatic rings. The van der Waals surface area contributed by atoms with E-state index in [1.165, 1.54) is 22.9 Å². The van der Waals surface area contributed by atoms with Gasteiger partial charge in [-0.3, -0.25) is 14.3 Å². The molecule has 5 rings (SSSR count). The van der Waals surface area contributed by atoms with Crippen molar-refractivity contribution in [3.63, 3.8) is 0 Å². The van der Waals surface area contributed by atoms with Crippen LogP contribution in [-0.4, -0.2) is 22.9 Å². The maximum atomic E-state index is 13.4. The first-order chi connectivity index (χ1) is 19.5. The van der Waals surface area contributed by atoms with Gasteiger partial charge in [0.1, 0.15) is 5.69 Å². The molecule has 0 spiro atoms. The Kier molecular flexibility index (Phi) is 8.87. The fourth-order valence-corrected chi connectivity index (χ4v) is 5.74. The fraction of sp³-hybridized carbons (Fsp3) is 0.235. The molecule has 0 saturated carbocycles. The highest BCUT2D eigenvalue weighted by atomic mass is 32.2. The number of hydrogen-bond donors (Lipinski definition) is 2. The molecule has 204 valence electrons. The van der Waals surface area contributed by atoms with Crippen molar-refractivity contribution in [2.75, 3.05) is 6.54 Å². The number of unbranched alkanes of at least 4 members (excludes halogenated alkanes) is 2. The van der Waals surface area contributed by atoms with Gasteiger partial charge in [0, 0.05) is 29.4 Å². The minimum Gasteiger partial charge on any atom is -0.351 e. The highest BCUT2D eigenvalue weighted by Crippen LogP contribution is 2.28. The number of hydrogen-bond acceptors (Lipinski definition) is 3. The van der Waals surface area contributed by atoms with E-state index in [0.29, 0.717) is 12.2 Å². The van der Waals surface area contributed by atoms with E-state index in [9.17, 15) is 9.59 Å². The first-order valence-corrected chi connectivity index (χ1v) is 14.7. The van der Waals surface area contributed by atoms with Crippen molar-refractivity contribution in [3.05, 3.63) is 114 Å². The second-order valence-corrected chi connectivity index (χ2v) is 11.2. The zero-order valence-electron chi connectivity index (χ0n) is 23.0. The summed E-state index contributed by atoms with van der Waals surface area (Å²) in [5.74, 6) is -0.280. The number of rotatable bonds is 11. The number of amides is 2. The van der Waals surface area contributed by atoms with Gasteiger partial charge in [0.05, 0.1) is 5.92 Å². The Hall–Kier alpha value is -4.03. The highest BCUT2D eigenvalue weighted by molar-refractivity contribution is 7.98. The van der Waals surface area contributed by atoms with Crippen LogP contribution in [0.15, 0.2) is 102 Å². The van der Waals surface area contributed by atoms with E-state index in [2.05, 4.69) is 47.3 Å². The van der Waals surface area contributed by atoms with Gasteiger partial charge in [0.15, 0.2) is 0 Å². The van der Waals surface area contributed by atoms with Gasteiger partial charge >= 0.3 is 0 Å². The number of benzene rings is 4. The van der Waals surface area contributed by atoms with Gasteiger partial charge in [0.2, 0.25) is 5.91 Å². The van der Waals surface area contributed by atoms with Crippen LogP contribution < -0.4 is 10.0 Å². The lowest BCUT2D eigenvalue weighted by Gasteiger charge is -2.18. The molecule has 0 radical (unpaired) electrons. The predicted molar refractivity (Wildman–Crippen MR) is 166 cm³/mol. The first kappa shape index (κ1) is 27.5. The summed E-state index contributed by atoms with van der Waals surface area (Å²) < 4.78 is 5.02. The number of carbonyl (C=O) groups excluding carboxylic acids is 2. The van der Waals surface area contributed by atoms with Gasteiger partial charge in [-0.1, -0.05) is 91.2 Å². The average Bonchev–Trinajstić information content (AvgIpc) is 3.32. The number of aromatic nitrogens is 1. The Morgan fingerprint density at radius 1 is 0.800 bits per heavy atom. The zero-order valence-corrected chi connectivity index (χ0v) is 23.8. The lowest BCUT2D eigenvalue weighted by atomic mass is 9.91. The van der Waals surface area contributed by atoms with Crippen LogP contribution in [0.2, 0.25) is 0 Å². The number of aryl methyl sites for hydroxylation is 2. The molecule has 2 amide bonds. The molecule has 0 aliphatic rings. The molecule has 0 fully saturated rings. The van der Waals surface area contributed by atoms with E-state index >= 15 is 0 Å². The van der Waals surface area contributed by atoms with Gasteiger partial charge in [-0.25, -0.2) is 0 Å². The molecule has 5 nitrogen and oxygen atoms in total. The topological polar surface area (TPSA) is 63.1 Å². The molecule has 1 aromatic heterocycles.